The summed E-state index contributed by atoms with van der Waals surface area (Å²) >= 11 is 0. The zero-order valence-corrected chi connectivity index (χ0v) is 9.97. The number of hydrogen-bond donors (Lipinski definition) is 1. The van der Waals surface area contributed by atoms with Crippen molar-refractivity contribution in [1.29, 1.82) is 0 Å². The van der Waals surface area contributed by atoms with Crippen LogP contribution in [0.5, 0.6) is 11.5 Å². The molecule has 0 aliphatic rings. The van der Waals surface area contributed by atoms with Crippen molar-refractivity contribution in [2.24, 2.45) is 0 Å². The van der Waals surface area contributed by atoms with Gasteiger partial charge in [-0.2, -0.15) is 0 Å². The van der Waals surface area contributed by atoms with Crippen molar-refractivity contribution in [2.75, 3.05) is 14.2 Å². The normalized spacial score (nSPS) is 10.5. The number of methoxy groups -OCH3 is 2. The summed E-state index contributed by atoms with van der Waals surface area (Å²) in [5.41, 5.74) is 0.872. The predicted octanol–water partition coefficient (Wildman–Crippen LogP) is 2.58. The van der Waals surface area contributed by atoms with Crippen LogP contribution < -0.4 is 9.47 Å². The Bertz CT molecular complexity index is 410. The number of carboxylic acid groups (broad SMARTS) is 1. The molecule has 1 aromatic carbocycles. The van der Waals surface area contributed by atoms with Crippen LogP contribution in [0.25, 0.3) is 6.08 Å². The van der Waals surface area contributed by atoms with Crippen molar-refractivity contribution in [3.05, 3.63) is 29.8 Å². The van der Waals surface area contributed by atoms with Crippen molar-refractivity contribution >= 4 is 12.0 Å². The third-order valence-corrected chi connectivity index (χ3v) is 2.26. The molecule has 1 N–H and O–H groups in total. The molecule has 0 spiro atoms. The molecule has 0 aliphatic carbocycles. The fourth-order valence-electron chi connectivity index (χ4n) is 1.46. The highest BCUT2D eigenvalue weighted by molar-refractivity contribution is 5.67. The molecule has 4 heteroatoms. The molecule has 0 unspecified atom stereocenters. The van der Waals surface area contributed by atoms with Gasteiger partial charge in [0.25, 0.3) is 0 Å². The number of rotatable bonds is 6. The smallest absolute Gasteiger partial charge is 0.303 e. The summed E-state index contributed by atoms with van der Waals surface area (Å²) in [5, 5.41) is 8.52. The monoisotopic (exact) mass is 236 g/mol. The molecule has 1 rings (SSSR count). The van der Waals surface area contributed by atoms with E-state index in [4.69, 9.17) is 14.6 Å². The van der Waals surface area contributed by atoms with Gasteiger partial charge in [0.2, 0.25) is 0 Å². The lowest BCUT2D eigenvalue weighted by molar-refractivity contribution is -0.136. The summed E-state index contributed by atoms with van der Waals surface area (Å²) < 4.78 is 10.4. The molecule has 0 saturated carbocycles. The van der Waals surface area contributed by atoms with E-state index >= 15 is 0 Å². The van der Waals surface area contributed by atoms with Gasteiger partial charge in [0.15, 0.2) is 11.5 Å². The van der Waals surface area contributed by atoms with Crippen LogP contribution in [-0.4, -0.2) is 25.3 Å². The van der Waals surface area contributed by atoms with E-state index in [2.05, 4.69) is 0 Å². The summed E-state index contributed by atoms with van der Waals surface area (Å²) in [5.74, 6) is 0.515. The zero-order valence-electron chi connectivity index (χ0n) is 9.97. The number of ether oxygens (including phenoxy) is 2. The highest BCUT2D eigenvalue weighted by Crippen LogP contribution is 2.31. The molecule has 17 heavy (non-hydrogen) atoms. The molecule has 0 fully saturated rings. The van der Waals surface area contributed by atoms with Gasteiger partial charge in [-0.05, 0) is 12.5 Å². The Balaban J connectivity index is 2.79. The average Bonchev–Trinajstić information content (AvgIpc) is 2.33. The molecule has 0 heterocycles. The molecular formula is C13H16O4. The minimum absolute atomic E-state index is 0.128. The summed E-state index contributed by atoms with van der Waals surface area (Å²) in [6, 6.07) is 5.56. The van der Waals surface area contributed by atoms with E-state index in [0.29, 0.717) is 17.9 Å². The van der Waals surface area contributed by atoms with Crippen molar-refractivity contribution < 1.29 is 19.4 Å². The minimum Gasteiger partial charge on any atom is -0.493 e. The van der Waals surface area contributed by atoms with Crippen molar-refractivity contribution in [3.63, 3.8) is 0 Å². The first-order chi connectivity index (χ1) is 8.19. The molecule has 4 nitrogen and oxygen atoms in total. The topological polar surface area (TPSA) is 55.8 Å². The van der Waals surface area contributed by atoms with Crippen LogP contribution in [0.2, 0.25) is 0 Å². The van der Waals surface area contributed by atoms with Crippen LogP contribution in [-0.2, 0) is 4.79 Å². The Labute approximate surface area is 100 Å². The molecule has 0 aliphatic heterocycles. The fourth-order valence-corrected chi connectivity index (χ4v) is 1.46. The van der Waals surface area contributed by atoms with E-state index < -0.39 is 5.97 Å². The SMILES string of the molecule is COc1cccc(/C=C/CCC(=O)O)c1OC. The van der Waals surface area contributed by atoms with Gasteiger partial charge in [0, 0.05) is 12.0 Å². The Morgan fingerprint density at radius 1 is 1.35 bits per heavy atom. The molecule has 0 radical (unpaired) electrons. The van der Waals surface area contributed by atoms with E-state index in [1.165, 1.54) is 0 Å². The Hall–Kier alpha value is -1.97. The lowest BCUT2D eigenvalue weighted by Gasteiger charge is -2.09. The van der Waals surface area contributed by atoms with Gasteiger partial charge in [-0.1, -0.05) is 24.3 Å². The Kier molecular flexibility index (Phi) is 5.07. The van der Waals surface area contributed by atoms with Crippen LogP contribution in [0.1, 0.15) is 18.4 Å². The van der Waals surface area contributed by atoms with Gasteiger partial charge in [0.1, 0.15) is 0 Å². The van der Waals surface area contributed by atoms with Crippen molar-refractivity contribution in [2.45, 2.75) is 12.8 Å². The number of benzene rings is 1. The first-order valence-corrected chi connectivity index (χ1v) is 5.28. The van der Waals surface area contributed by atoms with E-state index in [1.54, 1.807) is 14.2 Å². The maximum absolute atomic E-state index is 10.4. The molecule has 0 amide bonds. The van der Waals surface area contributed by atoms with Gasteiger partial charge in [-0.15, -0.1) is 0 Å². The number of carboxylic acids is 1. The van der Waals surface area contributed by atoms with Crippen LogP contribution in [0.4, 0.5) is 0 Å². The third kappa shape index (κ3) is 3.83. The largest absolute Gasteiger partial charge is 0.493 e. The Morgan fingerprint density at radius 2 is 2.12 bits per heavy atom. The summed E-state index contributed by atoms with van der Waals surface area (Å²) in [6.07, 6.45) is 4.27. The minimum atomic E-state index is -0.799. The van der Waals surface area contributed by atoms with E-state index in [1.807, 2.05) is 30.4 Å². The van der Waals surface area contributed by atoms with E-state index in [-0.39, 0.29) is 6.42 Å². The highest BCUT2D eigenvalue weighted by atomic mass is 16.5. The molecule has 0 saturated heterocycles. The van der Waals surface area contributed by atoms with Gasteiger partial charge < -0.3 is 14.6 Å². The maximum atomic E-state index is 10.4. The lowest BCUT2D eigenvalue weighted by Crippen LogP contribution is -1.93. The number of carbonyl (C=O) groups is 1. The maximum Gasteiger partial charge on any atom is 0.303 e. The second kappa shape index (κ2) is 6.58. The van der Waals surface area contributed by atoms with Crippen molar-refractivity contribution in [1.82, 2.24) is 0 Å². The van der Waals surface area contributed by atoms with Crippen LogP contribution in [0.15, 0.2) is 24.3 Å². The molecular weight excluding hydrogens is 220 g/mol. The van der Waals surface area contributed by atoms with Crippen LogP contribution >= 0.6 is 0 Å². The first kappa shape index (κ1) is 13.1. The van der Waals surface area contributed by atoms with Gasteiger partial charge in [-0.3, -0.25) is 4.79 Å². The molecule has 0 bridgehead atoms. The number of allylic oxidation sites excluding steroid dienone is 1. The molecule has 92 valence electrons. The average molecular weight is 236 g/mol. The molecule has 0 atom stereocenters. The first-order valence-electron chi connectivity index (χ1n) is 5.28. The fraction of sp³-hybridized carbons (Fsp3) is 0.308. The van der Waals surface area contributed by atoms with Gasteiger partial charge in [0.05, 0.1) is 14.2 Å². The summed E-state index contributed by atoms with van der Waals surface area (Å²) in [4.78, 5) is 10.4. The lowest BCUT2D eigenvalue weighted by atomic mass is 10.1. The second-order valence-electron chi connectivity index (χ2n) is 3.42. The Morgan fingerprint density at radius 3 is 2.71 bits per heavy atom. The van der Waals surface area contributed by atoms with Gasteiger partial charge in [-0.25, -0.2) is 0 Å². The zero-order chi connectivity index (χ0) is 12.7. The number of aliphatic carboxylic acids is 1. The third-order valence-electron chi connectivity index (χ3n) is 2.26. The van der Waals surface area contributed by atoms with Crippen molar-refractivity contribution in [3.8, 4) is 11.5 Å². The number of hydrogen-bond acceptors (Lipinski definition) is 3. The summed E-state index contributed by atoms with van der Waals surface area (Å²) in [6.45, 7) is 0. The van der Waals surface area contributed by atoms with E-state index in [9.17, 15) is 4.79 Å². The predicted molar refractivity (Wildman–Crippen MR) is 65.4 cm³/mol. The number of para-hydroxylation sites is 1. The van der Waals surface area contributed by atoms with Crippen LogP contribution in [0.3, 0.4) is 0 Å². The van der Waals surface area contributed by atoms with Crippen LogP contribution in [0, 0.1) is 0 Å². The molecule has 0 aromatic heterocycles. The summed E-state index contributed by atoms with van der Waals surface area (Å²) in [7, 11) is 3.15. The highest BCUT2D eigenvalue weighted by Gasteiger charge is 2.06. The van der Waals surface area contributed by atoms with Gasteiger partial charge >= 0.3 is 5.97 Å². The molecule has 1 aromatic rings. The van der Waals surface area contributed by atoms with E-state index in [0.717, 1.165) is 5.56 Å². The second-order valence-corrected chi connectivity index (χ2v) is 3.42. The standard InChI is InChI=1S/C13H16O4/c1-16-11-8-5-7-10(13(11)17-2)6-3-4-9-12(14)15/h3,5-8H,4,9H2,1-2H3,(H,14,15)/b6-3+. The quantitative estimate of drug-likeness (QED) is 0.824.